The number of hydrogen-bond donors (Lipinski definition) is 4. The van der Waals surface area contributed by atoms with Crippen LogP contribution >= 0.6 is 39.2 Å². The fourth-order valence-corrected chi connectivity index (χ4v) is 8.05. The zero-order chi connectivity index (χ0) is 40.6. The molecular formula is C32H59NO16P2S2. The number of unbranched alkanes of at least 4 members (excludes halogenated alkanes) is 4. The molecule has 17 nitrogen and oxygen atoms in total. The molecule has 0 aromatic rings. The second-order valence-electron chi connectivity index (χ2n) is 13.5. The highest BCUT2D eigenvalue weighted by atomic mass is 32.2. The third-order valence-corrected chi connectivity index (χ3v) is 11.0. The molecule has 53 heavy (non-hydrogen) atoms. The lowest BCUT2D eigenvalue weighted by atomic mass is 10.1. The largest absolute Gasteiger partial charge is 0.477 e. The van der Waals surface area contributed by atoms with E-state index in [2.05, 4.69) is 0 Å². The monoisotopic (exact) mass is 839 g/mol. The maximum absolute atomic E-state index is 12.4. The molecule has 0 heterocycles. The molecule has 0 aliphatic rings. The fraction of sp³-hybridized carbons (Fsp3) is 0.812. The Morgan fingerprint density at radius 1 is 0.566 bits per heavy atom. The first-order valence-electron chi connectivity index (χ1n) is 17.2. The van der Waals surface area contributed by atoms with E-state index in [9.17, 15) is 43.2 Å². The maximum Gasteiger partial charge on any atom is 0.472 e. The summed E-state index contributed by atoms with van der Waals surface area (Å²) in [5.41, 5.74) is 3.78. The first kappa shape index (κ1) is 51.8. The van der Waals surface area contributed by atoms with Crippen molar-refractivity contribution in [1.29, 1.82) is 0 Å². The summed E-state index contributed by atoms with van der Waals surface area (Å²) in [5.74, 6) is -3.22. The van der Waals surface area contributed by atoms with Gasteiger partial charge in [-0.2, -0.15) is 0 Å². The molecule has 0 spiro atoms. The van der Waals surface area contributed by atoms with Gasteiger partial charge >= 0.3 is 21.6 Å². The molecule has 0 aliphatic heterocycles. The highest BCUT2D eigenvalue weighted by Crippen LogP contribution is 2.47. The standard InChI is InChI=1S/C32H59NO16P2S2/c1-31(2,3)48-50(39,40)46-16-11-9-7-8-10-13-25(34)23-52-27(29(33)36)28(30(37)38)53-24-26(35)14-12-15-43-17-18-44-19-20-45-21-22-47-51(41,42)49-32(4,5)6/h7-24H2,1-6H3,(H2,33,36)(H,37,38)(H,39,40)(H,41,42)/b28-27-. The van der Waals surface area contributed by atoms with Crippen LogP contribution in [0.3, 0.4) is 0 Å². The smallest absolute Gasteiger partial charge is 0.472 e. The topological polar surface area (TPSA) is 254 Å². The Kier molecular flexibility index (Phi) is 26.8. The fourth-order valence-electron chi connectivity index (χ4n) is 3.93. The molecule has 0 saturated heterocycles. The van der Waals surface area contributed by atoms with Gasteiger partial charge in [0.05, 0.1) is 73.9 Å². The van der Waals surface area contributed by atoms with Crippen LogP contribution < -0.4 is 5.73 Å². The molecule has 2 atom stereocenters. The molecular weight excluding hydrogens is 780 g/mol. The Morgan fingerprint density at radius 3 is 1.43 bits per heavy atom. The zero-order valence-corrected chi connectivity index (χ0v) is 35.1. The molecule has 5 N–H and O–H groups in total. The lowest BCUT2D eigenvalue weighted by Crippen LogP contribution is -2.19. The Hall–Kier alpha value is -1.18. The molecule has 2 unspecified atom stereocenters. The van der Waals surface area contributed by atoms with E-state index >= 15 is 0 Å². The van der Waals surface area contributed by atoms with E-state index in [-0.39, 0.29) is 98.6 Å². The summed E-state index contributed by atoms with van der Waals surface area (Å²) >= 11 is 1.42. The molecule has 0 aromatic carbocycles. The van der Waals surface area contributed by atoms with Crippen molar-refractivity contribution in [1.82, 2.24) is 0 Å². The number of nitrogens with two attached hydrogens (primary N) is 1. The van der Waals surface area contributed by atoms with Gasteiger partial charge in [0.2, 0.25) is 0 Å². The number of aliphatic carboxylic acids is 1. The molecule has 0 bridgehead atoms. The van der Waals surface area contributed by atoms with Crippen molar-refractivity contribution < 1.29 is 75.5 Å². The lowest BCUT2D eigenvalue weighted by Gasteiger charge is -2.22. The van der Waals surface area contributed by atoms with E-state index in [4.69, 9.17) is 38.0 Å². The summed E-state index contributed by atoms with van der Waals surface area (Å²) in [4.78, 5) is 67.3. The van der Waals surface area contributed by atoms with Gasteiger partial charge in [0, 0.05) is 19.4 Å². The normalized spacial score (nSPS) is 15.0. The maximum atomic E-state index is 12.4. The van der Waals surface area contributed by atoms with Crippen molar-refractivity contribution in [2.24, 2.45) is 5.73 Å². The number of rotatable bonds is 33. The van der Waals surface area contributed by atoms with Gasteiger partial charge in [-0.15, -0.1) is 23.5 Å². The number of phosphoric acid groups is 2. The third kappa shape index (κ3) is 31.7. The van der Waals surface area contributed by atoms with E-state index in [1.54, 1.807) is 41.5 Å². The molecule has 0 fully saturated rings. The number of Topliss-reactive ketones (excluding diaryl/α,β-unsaturated/α-hetero) is 2. The van der Waals surface area contributed by atoms with Crippen LogP contribution in [-0.2, 0) is 60.6 Å². The SMILES string of the molecule is CC(C)(C)OP(=O)(O)OCCCCCCCC(=O)CS/C(C(N)=O)=C(\SCC(=O)CCCOCCOCCOCCOP(=O)(O)OC(C)(C)C)C(=O)O. The summed E-state index contributed by atoms with van der Waals surface area (Å²) in [6.45, 7) is 11.2. The summed E-state index contributed by atoms with van der Waals surface area (Å²) in [7, 11) is -8.27. The molecule has 310 valence electrons. The first-order chi connectivity index (χ1) is 24.5. The summed E-state index contributed by atoms with van der Waals surface area (Å²) in [6, 6.07) is 0. The number of amides is 1. The van der Waals surface area contributed by atoms with Crippen molar-refractivity contribution in [2.75, 3.05) is 64.4 Å². The predicted molar refractivity (Wildman–Crippen MR) is 201 cm³/mol. The number of primary amides is 1. The molecule has 1 amide bonds. The minimum atomic E-state index is -4.16. The van der Waals surface area contributed by atoms with E-state index in [1.165, 1.54) is 0 Å². The minimum Gasteiger partial charge on any atom is -0.477 e. The second-order valence-corrected chi connectivity index (χ2v) is 18.2. The van der Waals surface area contributed by atoms with Gasteiger partial charge < -0.3 is 34.8 Å². The Morgan fingerprint density at radius 2 is 0.962 bits per heavy atom. The number of phosphoric ester groups is 2. The first-order valence-corrected chi connectivity index (χ1v) is 22.2. The van der Waals surface area contributed by atoms with Crippen molar-refractivity contribution in [3.63, 3.8) is 0 Å². The van der Waals surface area contributed by atoms with Crippen molar-refractivity contribution in [3.8, 4) is 0 Å². The average molecular weight is 840 g/mol. The molecule has 0 aromatic heterocycles. The zero-order valence-electron chi connectivity index (χ0n) is 31.7. The van der Waals surface area contributed by atoms with E-state index < -0.39 is 38.7 Å². The van der Waals surface area contributed by atoms with Crippen LogP contribution in [0.15, 0.2) is 9.81 Å². The van der Waals surface area contributed by atoms with Crippen molar-refractivity contribution >= 4 is 62.6 Å². The number of ether oxygens (including phenoxy) is 3. The minimum absolute atomic E-state index is 0.0653. The Balaban J connectivity index is 4.21. The number of carbonyl (C=O) groups is 4. The van der Waals surface area contributed by atoms with Crippen LogP contribution in [0.4, 0.5) is 0 Å². The van der Waals surface area contributed by atoms with Gasteiger partial charge in [-0.05, 0) is 60.8 Å². The molecule has 0 rings (SSSR count). The van der Waals surface area contributed by atoms with Crippen LogP contribution in [0.5, 0.6) is 0 Å². The Bertz CT molecular complexity index is 1250. The van der Waals surface area contributed by atoms with Gasteiger partial charge in [-0.1, -0.05) is 19.3 Å². The third-order valence-electron chi connectivity index (χ3n) is 5.98. The molecule has 0 saturated carbocycles. The summed E-state index contributed by atoms with van der Waals surface area (Å²) in [6.07, 6.45) is 4.07. The molecule has 21 heteroatoms. The highest BCUT2D eigenvalue weighted by molar-refractivity contribution is 8.08. The van der Waals surface area contributed by atoms with Gasteiger partial charge in [-0.25, -0.2) is 13.9 Å². The second kappa shape index (κ2) is 27.4. The van der Waals surface area contributed by atoms with Crippen molar-refractivity contribution in [2.45, 2.75) is 104 Å². The lowest BCUT2D eigenvalue weighted by molar-refractivity contribution is -0.132. The van der Waals surface area contributed by atoms with Gasteiger partial charge in [0.15, 0.2) is 0 Å². The Labute approximate surface area is 321 Å². The van der Waals surface area contributed by atoms with Crippen LogP contribution in [0.1, 0.15) is 92.9 Å². The van der Waals surface area contributed by atoms with E-state index in [0.29, 0.717) is 31.0 Å². The molecule has 0 aliphatic carbocycles. The number of hydrogen-bond acceptors (Lipinski definition) is 15. The number of carboxylic acids is 1. The van der Waals surface area contributed by atoms with Gasteiger partial charge in [0.1, 0.15) is 16.5 Å². The van der Waals surface area contributed by atoms with Crippen LogP contribution in [-0.4, -0.2) is 114 Å². The quantitative estimate of drug-likeness (QED) is 0.0366. The number of ketones is 2. The van der Waals surface area contributed by atoms with Crippen LogP contribution in [0.25, 0.3) is 0 Å². The van der Waals surface area contributed by atoms with Gasteiger partial charge in [0.25, 0.3) is 5.91 Å². The average Bonchev–Trinajstić information content (AvgIpc) is 2.99. The van der Waals surface area contributed by atoms with Crippen molar-refractivity contribution in [3.05, 3.63) is 9.81 Å². The number of carbonyl (C=O) groups excluding carboxylic acids is 3. The van der Waals surface area contributed by atoms with E-state index in [0.717, 1.165) is 31.0 Å². The summed E-state index contributed by atoms with van der Waals surface area (Å²) in [5, 5.41) is 9.67. The van der Waals surface area contributed by atoms with Crippen LogP contribution in [0.2, 0.25) is 0 Å². The van der Waals surface area contributed by atoms with E-state index in [1.807, 2.05) is 0 Å². The predicted octanol–water partition coefficient (Wildman–Crippen LogP) is 5.41. The van der Waals surface area contributed by atoms with Crippen LogP contribution in [0, 0.1) is 0 Å². The number of carboxylic acid groups (broad SMARTS) is 1. The molecule has 0 radical (unpaired) electrons. The van der Waals surface area contributed by atoms with Gasteiger partial charge in [-0.3, -0.25) is 32.5 Å². The highest BCUT2D eigenvalue weighted by Gasteiger charge is 2.29. The number of thioether (sulfide) groups is 2. The summed E-state index contributed by atoms with van der Waals surface area (Å²) < 4.78 is 59.4.